The monoisotopic (exact) mass is 497 g/mol. The molecule has 0 fully saturated rings. The fraction of sp³-hybridized carbons (Fsp3) is 0.150. The maximum atomic E-state index is 12.7. The number of fused-ring (bicyclic) bond motifs is 1. The molecular formula is C20H15N7O5S2. The minimum absolute atomic E-state index is 0.0243. The summed E-state index contributed by atoms with van der Waals surface area (Å²) < 4.78 is 25.3. The quantitative estimate of drug-likeness (QED) is 0.284. The van der Waals surface area contributed by atoms with Crippen LogP contribution in [0.25, 0.3) is 15.8 Å². The molecule has 4 rings (SSSR count). The Kier molecular flexibility index (Phi) is 5.82. The first kappa shape index (κ1) is 23.0. The number of nitriles is 1. The van der Waals surface area contributed by atoms with E-state index in [1.807, 2.05) is 0 Å². The van der Waals surface area contributed by atoms with Gasteiger partial charge in [0.05, 0.1) is 45.3 Å². The number of nitro groups is 1. The Morgan fingerprint density at radius 3 is 2.74 bits per heavy atom. The average Bonchev–Trinajstić information content (AvgIpc) is 3.26. The summed E-state index contributed by atoms with van der Waals surface area (Å²) in [6.07, 6.45) is 2.56. The molecule has 0 atom stereocenters. The first-order chi connectivity index (χ1) is 16.1. The SMILES string of the molecule is CN(Cc1cn(-c2cccc(C#N)c2)nn1)c1nc(=O)c2cc(S(C)(=O)=O)cc([N+](=O)[O-])c2s1. The Balaban J connectivity index is 1.70. The lowest BCUT2D eigenvalue weighted by Gasteiger charge is -2.15. The van der Waals surface area contributed by atoms with Crippen LogP contribution in [0.2, 0.25) is 0 Å². The number of nitrogens with zero attached hydrogens (tertiary/aromatic N) is 7. The van der Waals surface area contributed by atoms with Gasteiger partial charge in [-0.25, -0.2) is 13.1 Å². The average molecular weight is 498 g/mol. The van der Waals surface area contributed by atoms with E-state index in [0.29, 0.717) is 16.9 Å². The second-order valence-electron chi connectivity index (χ2n) is 7.32. The van der Waals surface area contributed by atoms with Crippen LogP contribution in [-0.4, -0.2) is 46.6 Å². The van der Waals surface area contributed by atoms with Crippen molar-refractivity contribution in [1.29, 1.82) is 5.26 Å². The third-order valence-corrected chi connectivity index (χ3v) is 7.11. The van der Waals surface area contributed by atoms with Crippen LogP contribution >= 0.6 is 11.3 Å². The maximum Gasteiger partial charge on any atom is 0.288 e. The molecule has 0 bridgehead atoms. The topological polar surface area (TPSA) is 165 Å². The summed E-state index contributed by atoms with van der Waals surface area (Å²) in [5, 5.41) is 28.9. The number of non-ortho nitro benzene ring substituents is 1. The minimum atomic E-state index is -3.77. The molecule has 0 amide bonds. The molecule has 172 valence electrons. The zero-order chi connectivity index (χ0) is 24.6. The van der Waals surface area contributed by atoms with Gasteiger partial charge in [0, 0.05) is 19.4 Å². The Hall–Kier alpha value is -4.22. The van der Waals surface area contributed by atoms with E-state index in [1.54, 1.807) is 42.4 Å². The molecule has 34 heavy (non-hydrogen) atoms. The summed E-state index contributed by atoms with van der Waals surface area (Å²) in [6, 6.07) is 10.9. The molecule has 2 aromatic carbocycles. The van der Waals surface area contributed by atoms with Gasteiger partial charge in [-0.2, -0.15) is 10.2 Å². The van der Waals surface area contributed by atoms with E-state index in [4.69, 9.17) is 5.26 Å². The number of rotatable bonds is 6. The number of sulfone groups is 1. The van der Waals surface area contributed by atoms with E-state index >= 15 is 0 Å². The second kappa shape index (κ2) is 8.61. The second-order valence-corrected chi connectivity index (χ2v) is 10.3. The van der Waals surface area contributed by atoms with Gasteiger partial charge in [-0.15, -0.1) is 5.10 Å². The fourth-order valence-corrected chi connectivity index (χ4v) is 4.84. The van der Waals surface area contributed by atoms with Crippen LogP contribution in [0.4, 0.5) is 10.8 Å². The summed E-state index contributed by atoms with van der Waals surface area (Å²) >= 11 is 0.898. The van der Waals surface area contributed by atoms with Crippen molar-refractivity contribution in [1.82, 2.24) is 20.0 Å². The van der Waals surface area contributed by atoms with Crippen LogP contribution in [-0.2, 0) is 16.4 Å². The fourth-order valence-electron chi connectivity index (χ4n) is 3.15. The highest BCUT2D eigenvalue weighted by molar-refractivity contribution is 7.90. The number of nitro benzene ring substituents is 1. The van der Waals surface area contributed by atoms with Gasteiger partial charge in [0.2, 0.25) is 0 Å². The minimum Gasteiger partial charge on any atom is -0.345 e. The van der Waals surface area contributed by atoms with Gasteiger partial charge in [-0.3, -0.25) is 14.9 Å². The Morgan fingerprint density at radius 2 is 2.06 bits per heavy atom. The zero-order valence-corrected chi connectivity index (χ0v) is 19.4. The van der Waals surface area contributed by atoms with Gasteiger partial charge in [-0.1, -0.05) is 22.6 Å². The Morgan fingerprint density at radius 1 is 1.29 bits per heavy atom. The van der Waals surface area contributed by atoms with Crippen molar-refractivity contribution < 1.29 is 13.3 Å². The number of benzene rings is 2. The van der Waals surface area contributed by atoms with Gasteiger partial charge in [0.15, 0.2) is 15.0 Å². The van der Waals surface area contributed by atoms with E-state index in [9.17, 15) is 23.3 Å². The first-order valence-corrected chi connectivity index (χ1v) is 12.2. The lowest BCUT2D eigenvalue weighted by molar-refractivity contribution is -0.383. The summed E-state index contributed by atoms with van der Waals surface area (Å²) in [5.74, 6) is 0. The van der Waals surface area contributed by atoms with Crippen LogP contribution < -0.4 is 10.5 Å². The molecule has 0 unspecified atom stereocenters. The van der Waals surface area contributed by atoms with Gasteiger partial charge < -0.3 is 4.90 Å². The molecule has 0 saturated carbocycles. The van der Waals surface area contributed by atoms with Crippen molar-refractivity contribution >= 4 is 42.1 Å². The van der Waals surface area contributed by atoms with Gasteiger partial charge in [0.25, 0.3) is 11.2 Å². The van der Waals surface area contributed by atoms with Crippen LogP contribution in [0.5, 0.6) is 0 Å². The Labute approximate surface area is 196 Å². The highest BCUT2D eigenvalue weighted by Crippen LogP contribution is 2.34. The van der Waals surface area contributed by atoms with Crippen molar-refractivity contribution in [3.05, 3.63) is 74.3 Å². The smallest absolute Gasteiger partial charge is 0.288 e. The number of hydrogen-bond acceptors (Lipinski definition) is 11. The molecule has 2 heterocycles. The normalized spacial score (nSPS) is 11.3. The zero-order valence-electron chi connectivity index (χ0n) is 17.7. The summed E-state index contributed by atoms with van der Waals surface area (Å²) in [6.45, 7) is 0.182. The lowest BCUT2D eigenvalue weighted by atomic mass is 10.2. The van der Waals surface area contributed by atoms with Crippen molar-refractivity contribution in [3.8, 4) is 11.8 Å². The highest BCUT2D eigenvalue weighted by atomic mass is 32.2. The van der Waals surface area contributed by atoms with Gasteiger partial charge >= 0.3 is 0 Å². The standard InChI is InChI=1S/C20H15N7O5S2/c1-25(10-13-11-26(24-23-13)14-5-3-4-12(6-14)9-21)20-22-19(28)16-7-15(34(2,31)32)8-17(27(29)30)18(16)33-20/h3-8,11H,10H2,1-2H3. The molecule has 0 N–H and O–H groups in total. The number of aromatic nitrogens is 4. The van der Waals surface area contributed by atoms with Crippen LogP contribution in [0.15, 0.2) is 52.3 Å². The van der Waals surface area contributed by atoms with Crippen LogP contribution in [0.3, 0.4) is 0 Å². The van der Waals surface area contributed by atoms with Gasteiger partial charge in [-0.05, 0) is 24.3 Å². The van der Waals surface area contributed by atoms with Crippen molar-refractivity contribution in [2.45, 2.75) is 11.4 Å². The molecule has 12 nitrogen and oxygen atoms in total. The van der Waals surface area contributed by atoms with Crippen molar-refractivity contribution in [2.24, 2.45) is 0 Å². The lowest BCUT2D eigenvalue weighted by Crippen LogP contribution is -2.20. The molecule has 4 aromatic rings. The van der Waals surface area contributed by atoms with Crippen LogP contribution in [0.1, 0.15) is 11.3 Å². The maximum absolute atomic E-state index is 12.7. The van der Waals surface area contributed by atoms with Crippen LogP contribution in [0, 0.1) is 21.4 Å². The molecule has 0 aliphatic rings. The highest BCUT2D eigenvalue weighted by Gasteiger charge is 2.23. The number of hydrogen-bond donors (Lipinski definition) is 0. The number of anilines is 1. The van der Waals surface area contributed by atoms with Crippen molar-refractivity contribution in [2.75, 3.05) is 18.2 Å². The van der Waals surface area contributed by atoms with E-state index in [-0.39, 0.29) is 26.7 Å². The molecule has 0 spiro atoms. The predicted molar refractivity (Wildman–Crippen MR) is 124 cm³/mol. The van der Waals surface area contributed by atoms with Crippen molar-refractivity contribution in [3.63, 3.8) is 0 Å². The summed E-state index contributed by atoms with van der Waals surface area (Å²) in [5.41, 5.74) is 0.374. The third kappa shape index (κ3) is 4.47. The first-order valence-electron chi connectivity index (χ1n) is 9.53. The Bertz CT molecular complexity index is 1650. The van der Waals surface area contributed by atoms with E-state index in [2.05, 4.69) is 21.4 Å². The largest absolute Gasteiger partial charge is 0.345 e. The van der Waals surface area contributed by atoms with E-state index in [1.165, 1.54) is 4.68 Å². The summed E-state index contributed by atoms with van der Waals surface area (Å²) in [4.78, 5) is 28.8. The molecule has 2 aromatic heterocycles. The molecule has 14 heteroatoms. The summed E-state index contributed by atoms with van der Waals surface area (Å²) in [7, 11) is -2.14. The molecule has 0 aliphatic heterocycles. The van der Waals surface area contributed by atoms with E-state index < -0.39 is 26.0 Å². The molecule has 0 aliphatic carbocycles. The molecular weight excluding hydrogens is 482 g/mol. The van der Waals surface area contributed by atoms with Gasteiger partial charge in [0.1, 0.15) is 10.4 Å². The predicted octanol–water partition coefficient (Wildman–Crippen LogP) is 2.06. The third-order valence-electron chi connectivity index (χ3n) is 4.79. The molecule has 0 radical (unpaired) electrons. The molecule has 0 saturated heterocycles. The van der Waals surface area contributed by atoms with E-state index in [0.717, 1.165) is 29.7 Å².